The lowest BCUT2D eigenvalue weighted by molar-refractivity contribution is 0.0254. The first kappa shape index (κ1) is 23.0. The van der Waals surface area contributed by atoms with Crippen LogP contribution in [-0.2, 0) is 30.4 Å². The summed E-state index contributed by atoms with van der Waals surface area (Å²) in [6, 6.07) is 8.58. The summed E-state index contributed by atoms with van der Waals surface area (Å²) in [7, 11) is -3.80. The van der Waals surface area contributed by atoms with Crippen LogP contribution >= 0.6 is 0 Å². The van der Waals surface area contributed by atoms with Gasteiger partial charge in [-0.3, -0.25) is 4.18 Å². The molecule has 0 aromatic heterocycles. The van der Waals surface area contributed by atoms with E-state index in [-0.39, 0.29) is 19.7 Å². The van der Waals surface area contributed by atoms with E-state index in [1.807, 2.05) is 30.3 Å². The minimum Gasteiger partial charge on any atom is -0.445 e. The molecular weight excluding hydrogens is 400 g/mol. The highest BCUT2D eigenvalue weighted by Crippen LogP contribution is 2.18. The van der Waals surface area contributed by atoms with Crippen LogP contribution in [0.2, 0.25) is 0 Å². The average molecular weight is 429 g/mol. The Kier molecular flexibility index (Phi) is 7.48. The molecule has 1 aromatic rings. The Hall–Kier alpha value is -2.33. The van der Waals surface area contributed by atoms with Gasteiger partial charge in [0, 0.05) is 6.54 Å². The van der Waals surface area contributed by atoms with Crippen LogP contribution in [0.25, 0.3) is 0 Å². The topological polar surface area (TPSA) is 111 Å². The molecule has 1 fully saturated rings. The third kappa shape index (κ3) is 8.28. The fourth-order valence-corrected chi connectivity index (χ4v) is 3.48. The molecule has 2 amide bonds. The van der Waals surface area contributed by atoms with Crippen LogP contribution in [0.5, 0.6) is 0 Å². The van der Waals surface area contributed by atoms with Crippen molar-refractivity contribution in [2.24, 2.45) is 0 Å². The van der Waals surface area contributed by atoms with Crippen molar-refractivity contribution in [1.82, 2.24) is 10.2 Å². The maximum absolute atomic E-state index is 12.4. The van der Waals surface area contributed by atoms with Crippen LogP contribution in [0.4, 0.5) is 9.59 Å². The minimum atomic E-state index is -3.80. The highest BCUT2D eigenvalue weighted by atomic mass is 32.2. The van der Waals surface area contributed by atoms with Gasteiger partial charge in [-0.2, -0.15) is 8.42 Å². The van der Waals surface area contributed by atoms with E-state index in [1.165, 1.54) is 4.90 Å². The summed E-state index contributed by atoms with van der Waals surface area (Å²) in [5.41, 5.74) is 0.144. The molecule has 162 valence electrons. The number of nitrogens with zero attached hydrogens (tertiary/aromatic N) is 1. The Labute approximate surface area is 171 Å². The molecule has 29 heavy (non-hydrogen) atoms. The molecule has 2 atom stereocenters. The van der Waals surface area contributed by atoms with Crippen molar-refractivity contribution < 1.29 is 31.7 Å². The SMILES string of the molecule is CC(C)(C)OC(=O)N[C@H]1CCN(C(=O)OCc2ccccc2)C[C@@H]1OS(C)(=O)=O. The first-order valence-corrected chi connectivity index (χ1v) is 11.1. The average Bonchev–Trinajstić information content (AvgIpc) is 2.59. The Balaban J connectivity index is 1.99. The second-order valence-electron chi connectivity index (χ2n) is 7.87. The number of benzene rings is 1. The number of alkyl carbamates (subject to hydrolysis) is 1. The van der Waals surface area contributed by atoms with Gasteiger partial charge in [0.05, 0.1) is 18.8 Å². The van der Waals surface area contributed by atoms with E-state index < -0.39 is 40.1 Å². The number of amides is 2. The van der Waals surface area contributed by atoms with Crippen LogP contribution in [0, 0.1) is 0 Å². The second kappa shape index (κ2) is 9.45. The summed E-state index contributed by atoms with van der Waals surface area (Å²) < 4.78 is 38.9. The second-order valence-corrected chi connectivity index (χ2v) is 9.47. The number of hydrogen-bond donors (Lipinski definition) is 1. The number of likely N-dealkylation sites (tertiary alicyclic amines) is 1. The number of carbonyl (C=O) groups excluding carboxylic acids is 2. The number of piperidine rings is 1. The van der Waals surface area contributed by atoms with Gasteiger partial charge in [-0.15, -0.1) is 0 Å². The lowest BCUT2D eigenvalue weighted by atomic mass is 10.0. The van der Waals surface area contributed by atoms with Crippen LogP contribution in [-0.4, -0.2) is 62.6 Å². The zero-order valence-electron chi connectivity index (χ0n) is 17.1. The number of ether oxygens (including phenoxy) is 2. The first-order chi connectivity index (χ1) is 13.4. The summed E-state index contributed by atoms with van der Waals surface area (Å²) in [4.78, 5) is 25.8. The summed E-state index contributed by atoms with van der Waals surface area (Å²) in [5, 5.41) is 2.64. The standard InChI is InChI=1S/C19H28N2O7S/c1-19(2,3)27-17(22)20-15-10-11-21(12-16(15)28-29(4,24)25)18(23)26-13-14-8-6-5-7-9-14/h5-9,15-16H,10-13H2,1-4H3,(H,20,22)/t15-,16-/m0/s1. The lowest BCUT2D eigenvalue weighted by Crippen LogP contribution is -2.57. The molecule has 1 aromatic carbocycles. The summed E-state index contributed by atoms with van der Waals surface area (Å²) in [6.45, 7) is 5.51. The molecule has 9 nitrogen and oxygen atoms in total. The van der Waals surface area contributed by atoms with Crippen molar-refractivity contribution in [3.63, 3.8) is 0 Å². The molecular formula is C19H28N2O7S. The van der Waals surface area contributed by atoms with E-state index in [1.54, 1.807) is 20.8 Å². The van der Waals surface area contributed by atoms with Gasteiger partial charge < -0.3 is 19.7 Å². The lowest BCUT2D eigenvalue weighted by Gasteiger charge is -2.37. The van der Waals surface area contributed by atoms with Crippen molar-refractivity contribution in [3.05, 3.63) is 35.9 Å². The molecule has 1 aliphatic rings. The number of nitrogens with one attached hydrogen (secondary N) is 1. The Morgan fingerprint density at radius 3 is 2.45 bits per heavy atom. The van der Waals surface area contributed by atoms with Crippen molar-refractivity contribution in [3.8, 4) is 0 Å². The third-order valence-electron chi connectivity index (χ3n) is 4.02. The first-order valence-electron chi connectivity index (χ1n) is 9.26. The fraction of sp³-hybridized carbons (Fsp3) is 0.579. The Bertz CT molecular complexity index is 806. The van der Waals surface area contributed by atoms with Gasteiger partial charge >= 0.3 is 12.2 Å². The van der Waals surface area contributed by atoms with Gasteiger partial charge in [0.1, 0.15) is 18.3 Å². The number of hydrogen-bond acceptors (Lipinski definition) is 7. The summed E-state index contributed by atoms with van der Waals surface area (Å²) in [6.07, 6.45) is -0.990. The maximum Gasteiger partial charge on any atom is 0.410 e. The molecule has 0 aliphatic carbocycles. The van der Waals surface area contributed by atoms with Gasteiger partial charge in [0.25, 0.3) is 10.1 Å². The van der Waals surface area contributed by atoms with E-state index in [0.717, 1.165) is 11.8 Å². The Morgan fingerprint density at radius 2 is 1.86 bits per heavy atom. The number of carbonyl (C=O) groups is 2. The van der Waals surface area contributed by atoms with E-state index in [4.69, 9.17) is 13.7 Å². The molecule has 2 rings (SSSR count). The van der Waals surface area contributed by atoms with Crippen molar-refractivity contribution in [2.75, 3.05) is 19.3 Å². The van der Waals surface area contributed by atoms with Crippen molar-refractivity contribution in [1.29, 1.82) is 0 Å². The smallest absolute Gasteiger partial charge is 0.410 e. The predicted molar refractivity (Wildman–Crippen MR) is 106 cm³/mol. The normalized spacial score (nSPS) is 20.1. The van der Waals surface area contributed by atoms with Crippen molar-refractivity contribution >= 4 is 22.3 Å². The van der Waals surface area contributed by atoms with Crippen LogP contribution < -0.4 is 5.32 Å². The zero-order chi connectivity index (χ0) is 21.7. The third-order valence-corrected chi connectivity index (χ3v) is 4.62. The van der Waals surface area contributed by atoms with Crippen molar-refractivity contribution in [2.45, 2.75) is 51.5 Å². The molecule has 0 radical (unpaired) electrons. The van der Waals surface area contributed by atoms with Gasteiger partial charge in [-0.1, -0.05) is 30.3 Å². The largest absolute Gasteiger partial charge is 0.445 e. The quantitative estimate of drug-likeness (QED) is 0.716. The molecule has 0 bridgehead atoms. The van der Waals surface area contributed by atoms with E-state index in [2.05, 4.69) is 5.32 Å². The van der Waals surface area contributed by atoms with Gasteiger partial charge in [0.15, 0.2) is 0 Å². The van der Waals surface area contributed by atoms with Gasteiger partial charge in [-0.25, -0.2) is 9.59 Å². The molecule has 0 spiro atoms. The van der Waals surface area contributed by atoms with Crippen LogP contribution in [0.15, 0.2) is 30.3 Å². The fourth-order valence-electron chi connectivity index (χ4n) is 2.84. The predicted octanol–water partition coefficient (Wildman–Crippen LogP) is 2.27. The molecule has 1 aliphatic heterocycles. The van der Waals surface area contributed by atoms with E-state index >= 15 is 0 Å². The molecule has 1 heterocycles. The van der Waals surface area contributed by atoms with E-state index in [9.17, 15) is 18.0 Å². The van der Waals surface area contributed by atoms with Gasteiger partial charge in [-0.05, 0) is 32.8 Å². The van der Waals surface area contributed by atoms with Gasteiger partial charge in [0.2, 0.25) is 0 Å². The summed E-state index contributed by atoms with van der Waals surface area (Å²) in [5.74, 6) is 0. The summed E-state index contributed by atoms with van der Waals surface area (Å²) >= 11 is 0. The maximum atomic E-state index is 12.4. The molecule has 10 heteroatoms. The molecule has 1 N–H and O–H groups in total. The highest BCUT2D eigenvalue weighted by molar-refractivity contribution is 7.86. The number of rotatable bonds is 5. The molecule has 0 unspecified atom stereocenters. The highest BCUT2D eigenvalue weighted by Gasteiger charge is 2.36. The molecule has 0 saturated carbocycles. The molecule has 1 saturated heterocycles. The minimum absolute atomic E-state index is 0.0405. The van der Waals surface area contributed by atoms with E-state index in [0.29, 0.717) is 6.42 Å². The van der Waals surface area contributed by atoms with Crippen LogP contribution in [0.1, 0.15) is 32.8 Å². The zero-order valence-corrected chi connectivity index (χ0v) is 17.9. The van der Waals surface area contributed by atoms with Crippen LogP contribution in [0.3, 0.4) is 0 Å². The Morgan fingerprint density at radius 1 is 1.21 bits per heavy atom. The monoisotopic (exact) mass is 428 g/mol.